The molecule has 8 nitrogen and oxygen atoms in total. The first-order valence-electron chi connectivity index (χ1n) is 12.6. The van der Waals surface area contributed by atoms with E-state index in [-0.39, 0.29) is 5.91 Å². The Morgan fingerprint density at radius 3 is 2.59 bits per heavy atom. The Morgan fingerprint density at radius 2 is 1.95 bits per heavy atom. The van der Waals surface area contributed by atoms with E-state index in [1.807, 2.05) is 0 Å². The maximum atomic E-state index is 14.3. The molecular weight excluding hydrogens is 469 g/mol. The largest absolute Gasteiger partial charge is 0.405 e. The van der Waals surface area contributed by atoms with Crippen molar-refractivity contribution in [1.82, 2.24) is 19.4 Å². The number of aryl methyl sites for hydroxylation is 2. The summed E-state index contributed by atoms with van der Waals surface area (Å²) in [7, 11) is 5.27. The van der Waals surface area contributed by atoms with Crippen LogP contribution in [0.5, 0.6) is 0 Å². The fraction of sp³-hybridized carbons (Fsp3) is 0.393. The first kappa shape index (κ1) is 27.7. The molecule has 1 aromatic carbocycles. The van der Waals surface area contributed by atoms with Gasteiger partial charge in [-0.05, 0) is 55.8 Å². The van der Waals surface area contributed by atoms with Crippen molar-refractivity contribution in [3.8, 4) is 0 Å². The molecule has 0 fully saturated rings. The molecule has 2 aromatic heterocycles. The lowest BCUT2D eigenvalue weighted by Crippen LogP contribution is -2.30. The number of allylic oxidation sites excluding steroid dienone is 1. The van der Waals surface area contributed by atoms with Gasteiger partial charge in [-0.2, -0.15) is 0 Å². The number of aromatic nitrogens is 3. The van der Waals surface area contributed by atoms with Gasteiger partial charge in [-0.15, -0.1) is 0 Å². The monoisotopic (exact) mass is 507 g/mol. The van der Waals surface area contributed by atoms with Crippen molar-refractivity contribution >= 4 is 41.1 Å². The fourth-order valence-corrected chi connectivity index (χ4v) is 4.35. The molecule has 0 aliphatic heterocycles. The number of pyridine rings is 1. The highest BCUT2D eigenvalue weighted by Gasteiger charge is 2.17. The number of anilines is 2. The van der Waals surface area contributed by atoms with Gasteiger partial charge in [0.25, 0.3) is 5.91 Å². The van der Waals surface area contributed by atoms with E-state index in [1.54, 1.807) is 55.2 Å². The van der Waals surface area contributed by atoms with Crippen molar-refractivity contribution in [2.24, 2.45) is 5.73 Å². The van der Waals surface area contributed by atoms with E-state index in [0.29, 0.717) is 41.0 Å². The second-order valence-electron chi connectivity index (χ2n) is 9.39. The number of nitrogen functional groups attached to an aromatic ring is 1. The normalized spacial score (nSPS) is 12.1. The van der Waals surface area contributed by atoms with Gasteiger partial charge >= 0.3 is 0 Å². The topological polar surface area (TPSA) is 106 Å². The summed E-state index contributed by atoms with van der Waals surface area (Å²) in [5, 5.41) is 1.42. The van der Waals surface area contributed by atoms with Gasteiger partial charge in [-0.1, -0.05) is 19.9 Å². The molecule has 1 amide bonds. The van der Waals surface area contributed by atoms with Crippen molar-refractivity contribution in [1.29, 1.82) is 0 Å². The lowest BCUT2D eigenvalue weighted by Gasteiger charge is -2.19. The number of amides is 1. The highest BCUT2D eigenvalue weighted by Crippen LogP contribution is 2.20. The minimum Gasteiger partial charge on any atom is -0.405 e. The average Bonchev–Trinajstić information content (AvgIpc) is 3.24. The quantitative estimate of drug-likeness (QED) is 0.387. The summed E-state index contributed by atoms with van der Waals surface area (Å²) < 4.78 is 16.5. The number of fused-ring (bicyclic) bond motifs is 1. The Labute approximate surface area is 217 Å². The summed E-state index contributed by atoms with van der Waals surface area (Å²) in [5.74, 6) is 0.719. The van der Waals surface area contributed by atoms with Crippen LogP contribution in [0.25, 0.3) is 23.7 Å². The number of nitrogens with two attached hydrogens (primary N) is 2. The summed E-state index contributed by atoms with van der Waals surface area (Å²) in [6, 6.07) is 4.59. The molecule has 37 heavy (non-hydrogen) atoms. The van der Waals surface area contributed by atoms with Crippen LogP contribution >= 0.6 is 0 Å². The number of halogens is 1. The second-order valence-corrected chi connectivity index (χ2v) is 9.39. The van der Waals surface area contributed by atoms with E-state index in [1.165, 1.54) is 12.3 Å². The maximum Gasteiger partial charge on any atom is 0.253 e. The number of carbonyl (C=O) groups is 1. The number of hydrogen-bond acceptors (Lipinski definition) is 6. The molecule has 0 spiro atoms. The Morgan fingerprint density at radius 1 is 1.19 bits per heavy atom. The van der Waals surface area contributed by atoms with Gasteiger partial charge in [0.15, 0.2) is 5.82 Å². The summed E-state index contributed by atoms with van der Waals surface area (Å²) in [5.41, 5.74) is 14.1. The highest BCUT2D eigenvalue weighted by atomic mass is 19.1. The Hall–Kier alpha value is -3.88. The van der Waals surface area contributed by atoms with E-state index < -0.39 is 5.82 Å². The van der Waals surface area contributed by atoms with Gasteiger partial charge in [0, 0.05) is 51.4 Å². The number of hydrogen-bond donors (Lipinski definition) is 2. The van der Waals surface area contributed by atoms with E-state index in [0.717, 1.165) is 48.7 Å². The van der Waals surface area contributed by atoms with Crippen LogP contribution in [0.4, 0.5) is 15.9 Å². The molecule has 0 unspecified atom stereocenters. The smallest absolute Gasteiger partial charge is 0.253 e. The van der Waals surface area contributed by atoms with Gasteiger partial charge in [0.05, 0.1) is 16.6 Å². The molecule has 3 rings (SSSR count). The number of carbonyl (C=O) groups excluding carboxylic acids is 1. The molecule has 0 aliphatic carbocycles. The van der Waals surface area contributed by atoms with Crippen LogP contribution in [-0.2, 0) is 13.0 Å². The minimum atomic E-state index is -0.410. The minimum absolute atomic E-state index is 0.201. The van der Waals surface area contributed by atoms with Gasteiger partial charge in [-0.25, -0.2) is 14.4 Å². The molecule has 3 aromatic rings. The molecular formula is C28H38FN7O. The van der Waals surface area contributed by atoms with Crippen molar-refractivity contribution < 1.29 is 9.18 Å². The molecule has 198 valence electrons. The first-order chi connectivity index (χ1) is 17.7. The number of rotatable bonds is 11. The van der Waals surface area contributed by atoms with Crippen LogP contribution in [0.15, 0.2) is 30.5 Å². The third-order valence-electron chi connectivity index (χ3n) is 6.39. The van der Waals surface area contributed by atoms with Crippen LogP contribution < -0.4 is 26.9 Å². The van der Waals surface area contributed by atoms with E-state index in [9.17, 15) is 9.18 Å². The molecule has 0 saturated heterocycles. The molecule has 0 bridgehead atoms. The predicted molar refractivity (Wildman–Crippen MR) is 150 cm³/mol. The van der Waals surface area contributed by atoms with E-state index in [4.69, 9.17) is 16.5 Å². The van der Waals surface area contributed by atoms with Crippen LogP contribution in [0.3, 0.4) is 0 Å². The molecule has 4 N–H and O–H groups in total. The molecule has 0 aliphatic rings. The van der Waals surface area contributed by atoms with Crippen molar-refractivity contribution in [3.05, 3.63) is 58.2 Å². The van der Waals surface area contributed by atoms with Gasteiger partial charge < -0.3 is 25.8 Å². The van der Waals surface area contributed by atoms with Gasteiger partial charge in [0.1, 0.15) is 17.2 Å². The fourth-order valence-electron chi connectivity index (χ4n) is 4.35. The number of unbranched alkanes of at least 4 members (excludes halogenated alkanes) is 2. The molecule has 2 heterocycles. The highest BCUT2D eigenvalue weighted by molar-refractivity contribution is 5.94. The molecule has 0 radical (unpaired) electrons. The molecule has 0 saturated carbocycles. The Kier molecular flexibility index (Phi) is 9.27. The zero-order valence-electron chi connectivity index (χ0n) is 22.3. The Bertz CT molecular complexity index is 1390. The zero-order chi connectivity index (χ0) is 27.1. The van der Waals surface area contributed by atoms with Gasteiger partial charge in [-0.3, -0.25) is 4.79 Å². The first-order valence-corrected chi connectivity index (χ1v) is 12.6. The number of imidazole rings is 1. The van der Waals surface area contributed by atoms with E-state index >= 15 is 0 Å². The van der Waals surface area contributed by atoms with Crippen molar-refractivity contribution in [3.63, 3.8) is 0 Å². The molecule has 0 atom stereocenters. The Balaban J connectivity index is 1.77. The summed E-state index contributed by atoms with van der Waals surface area (Å²) in [6.07, 6.45) is 9.42. The van der Waals surface area contributed by atoms with Crippen LogP contribution in [-0.4, -0.2) is 53.0 Å². The summed E-state index contributed by atoms with van der Waals surface area (Å²) >= 11 is 0. The predicted octanol–water partition coefficient (Wildman–Crippen LogP) is 2.78. The van der Waals surface area contributed by atoms with Crippen LogP contribution in [0.2, 0.25) is 0 Å². The maximum absolute atomic E-state index is 14.3. The van der Waals surface area contributed by atoms with E-state index in [2.05, 4.69) is 23.1 Å². The summed E-state index contributed by atoms with van der Waals surface area (Å²) in [4.78, 5) is 25.4. The van der Waals surface area contributed by atoms with Crippen molar-refractivity contribution in [2.75, 3.05) is 38.3 Å². The number of benzene rings is 1. The average molecular weight is 508 g/mol. The third kappa shape index (κ3) is 6.28. The molecule has 9 heteroatoms. The van der Waals surface area contributed by atoms with Gasteiger partial charge in [0.2, 0.25) is 0 Å². The SMILES string of the molecule is C=c1/c(=C\C=C/N)nc(N)c2nc(CCCC)n(CCCCN(C)C(=O)c3ccc(N(C)C)c(F)c3)c12. The van der Waals surface area contributed by atoms with Crippen LogP contribution in [0.1, 0.15) is 48.8 Å². The van der Waals surface area contributed by atoms with Crippen LogP contribution in [0, 0.1) is 5.82 Å². The lowest BCUT2D eigenvalue weighted by atomic mass is 10.1. The van der Waals surface area contributed by atoms with Crippen molar-refractivity contribution in [2.45, 2.75) is 45.6 Å². The zero-order valence-corrected chi connectivity index (χ0v) is 22.3. The number of nitrogens with zero attached hydrogens (tertiary/aromatic N) is 5. The third-order valence-corrected chi connectivity index (χ3v) is 6.39. The second kappa shape index (κ2) is 12.4. The lowest BCUT2D eigenvalue weighted by molar-refractivity contribution is 0.0792. The standard InChI is InChI=1S/C28H38FN7O/c1-6-7-12-24-33-25-26(19(2)22(11-10-15-30)32-27(25)31)36(24)17-9-8-16-35(5)28(37)20-13-14-23(34(3)4)21(29)18-20/h10-11,13-15,18H,2,6-9,12,16-17,30H2,1,3-5H3,(H2,31,32)/b15-10-,22-11+. The summed E-state index contributed by atoms with van der Waals surface area (Å²) in [6.45, 7) is 7.67.